The molecule has 0 aromatic heterocycles. The summed E-state index contributed by atoms with van der Waals surface area (Å²) in [5.41, 5.74) is 0. The number of halogens is 2. The number of hydrogen-bond acceptors (Lipinski definition) is 0. The lowest BCUT2D eigenvalue weighted by atomic mass is 10.4. The van der Waals surface area contributed by atoms with Crippen LogP contribution in [0.1, 0.15) is 0 Å². The molecule has 1 aromatic rings. The zero-order valence-corrected chi connectivity index (χ0v) is 7.55. The molecule has 0 unspecified atom stereocenters. The van der Waals surface area contributed by atoms with Gasteiger partial charge in [-0.05, 0) is 28.1 Å². The maximum Gasteiger partial charge on any atom is 0.0728 e. The minimum Gasteiger partial charge on any atom is -0.0815 e. The van der Waals surface area contributed by atoms with E-state index in [0.717, 1.165) is 4.47 Å². The fourth-order valence-electron chi connectivity index (χ4n) is 0.484. The van der Waals surface area contributed by atoms with E-state index in [0.29, 0.717) is 9.92 Å². The van der Waals surface area contributed by atoms with Gasteiger partial charge in [0.15, 0.2) is 0 Å². The maximum absolute atomic E-state index is 5.73. The summed E-state index contributed by atoms with van der Waals surface area (Å²) in [6.45, 7) is 0. The van der Waals surface area contributed by atoms with Crippen molar-refractivity contribution in [2.24, 2.45) is 0 Å². The Morgan fingerprint density at radius 1 is 1.44 bits per heavy atom. The third-order valence-corrected chi connectivity index (χ3v) is 2.66. The van der Waals surface area contributed by atoms with Crippen LogP contribution in [0.2, 0.25) is 5.02 Å². The lowest BCUT2D eigenvalue weighted by molar-refractivity contribution is 1.45. The number of hydrogen-bond donors (Lipinski definition) is 0. The quantitative estimate of drug-likeness (QED) is 0.628. The zero-order chi connectivity index (χ0) is 6.85. The lowest BCUT2D eigenvalue weighted by Crippen LogP contribution is -1.69. The summed E-state index contributed by atoms with van der Waals surface area (Å²) in [5, 5.41) is 0.618. The predicted octanol–water partition coefficient (Wildman–Crippen LogP) is 3.66. The Bertz CT molecular complexity index is 204. The normalized spacial score (nSPS) is 9.56. The van der Waals surface area contributed by atoms with Crippen LogP contribution in [0.4, 0.5) is 0 Å². The molecule has 0 nitrogen and oxygen atoms in total. The van der Waals surface area contributed by atoms with E-state index in [4.69, 9.17) is 24.2 Å². The van der Waals surface area contributed by atoms with Crippen molar-refractivity contribution in [1.82, 2.24) is 0 Å². The van der Waals surface area contributed by atoms with Crippen molar-refractivity contribution in [2.75, 3.05) is 0 Å². The van der Waals surface area contributed by atoms with Crippen molar-refractivity contribution in [3.05, 3.63) is 27.7 Å². The minimum atomic E-state index is 0.618. The highest BCUT2D eigenvalue weighted by Crippen LogP contribution is 2.27. The molecule has 1 aromatic carbocycles. The largest absolute Gasteiger partial charge is 0.0815 e. The van der Waals surface area contributed by atoms with E-state index in [2.05, 4.69) is 15.9 Å². The summed E-state index contributed by atoms with van der Waals surface area (Å²) in [4.78, 5) is 0.686. The van der Waals surface area contributed by atoms with E-state index in [1.807, 2.05) is 12.1 Å². The Labute approximate surface area is 72.8 Å². The van der Waals surface area contributed by atoms with E-state index in [-0.39, 0.29) is 0 Å². The van der Waals surface area contributed by atoms with Crippen molar-refractivity contribution in [2.45, 2.75) is 4.90 Å². The third kappa shape index (κ3) is 1.57. The molecule has 0 amide bonds. The van der Waals surface area contributed by atoms with Crippen LogP contribution >= 0.6 is 40.2 Å². The van der Waals surface area contributed by atoms with E-state index >= 15 is 0 Å². The first-order valence-corrected chi connectivity index (χ1v) is 3.91. The van der Waals surface area contributed by atoms with Gasteiger partial charge in [0.2, 0.25) is 0 Å². The molecule has 3 heteroatoms. The van der Waals surface area contributed by atoms with E-state index in [1.165, 1.54) is 0 Å². The van der Waals surface area contributed by atoms with Gasteiger partial charge in [0.1, 0.15) is 0 Å². The fourth-order valence-corrected chi connectivity index (χ4v) is 1.30. The summed E-state index contributed by atoms with van der Waals surface area (Å²) in [7, 11) is 0. The van der Waals surface area contributed by atoms with Crippen LogP contribution in [0.5, 0.6) is 0 Å². The minimum absolute atomic E-state index is 0.618. The molecule has 0 aliphatic heterocycles. The van der Waals surface area contributed by atoms with Gasteiger partial charge in [-0.1, -0.05) is 30.3 Å². The summed E-state index contributed by atoms with van der Waals surface area (Å²) in [6.07, 6.45) is 0. The van der Waals surface area contributed by atoms with Gasteiger partial charge in [-0.2, -0.15) is 0 Å². The maximum atomic E-state index is 5.73. The Morgan fingerprint density at radius 3 is 2.56 bits per heavy atom. The summed E-state index contributed by atoms with van der Waals surface area (Å²) in [6, 6.07) is 5.51. The second-order valence-corrected chi connectivity index (χ2v) is 3.22. The fraction of sp³-hybridized carbons (Fsp3) is 0. The average Bonchev–Trinajstić information content (AvgIpc) is 1.83. The summed E-state index contributed by atoms with van der Waals surface area (Å²) >= 11 is 13.9. The van der Waals surface area contributed by atoms with Gasteiger partial charge in [0.05, 0.1) is 9.92 Å². The first-order chi connectivity index (χ1) is 4.22. The van der Waals surface area contributed by atoms with Crippen LogP contribution < -0.4 is 0 Å². The summed E-state index contributed by atoms with van der Waals surface area (Å²) in [5.74, 6) is 0. The van der Waals surface area contributed by atoms with Crippen LogP contribution in [0.15, 0.2) is 27.6 Å². The van der Waals surface area contributed by atoms with Crippen LogP contribution in [-0.4, -0.2) is 0 Å². The zero-order valence-electron chi connectivity index (χ0n) is 4.40. The van der Waals surface area contributed by atoms with Crippen molar-refractivity contribution >= 4 is 40.2 Å². The lowest BCUT2D eigenvalue weighted by Gasteiger charge is -1.94. The Balaban J connectivity index is 3.25. The highest BCUT2D eigenvalue weighted by atomic mass is 79.9. The summed E-state index contributed by atoms with van der Waals surface area (Å²) < 4.78 is 0.858. The van der Waals surface area contributed by atoms with Gasteiger partial charge < -0.3 is 0 Å². The van der Waals surface area contributed by atoms with Crippen LogP contribution in [-0.2, 0) is 0 Å². The first-order valence-electron chi connectivity index (χ1n) is 2.33. The van der Waals surface area contributed by atoms with Gasteiger partial charge in [0.25, 0.3) is 0 Å². The van der Waals surface area contributed by atoms with Crippen LogP contribution in [0.25, 0.3) is 0 Å². The molecule has 0 saturated heterocycles. The molecule has 0 aliphatic carbocycles. The van der Waals surface area contributed by atoms with Crippen molar-refractivity contribution in [1.29, 1.82) is 0 Å². The Morgan fingerprint density at radius 2 is 2.11 bits per heavy atom. The Hall–Kier alpha value is 0.210. The van der Waals surface area contributed by atoms with Gasteiger partial charge in [-0.15, -0.1) is 0 Å². The molecule has 0 aliphatic rings. The van der Waals surface area contributed by atoms with Gasteiger partial charge in [0, 0.05) is 4.47 Å². The van der Waals surface area contributed by atoms with E-state index in [9.17, 15) is 0 Å². The molecule has 0 fully saturated rings. The predicted molar refractivity (Wildman–Crippen MR) is 45.0 cm³/mol. The molecular weight excluding hydrogens is 219 g/mol. The standard InChI is InChI=1S/C6H3BrClS/c7-4-2-1-3-5(9)6(4)8/h1-3H. The van der Waals surface area contributed by atoms with Gasteiger partial charge >= 0.3 is 0 Å². The number of benzene rings is 1. The Kier molecular flexibility index (Phi) is 2.33. The van der Waals surface area contributed by atoms with Crippen LogP contribution in [0, 0.1) is 0 Å². The second-order valence-electron chi connectivity index (χ2n) is 1.55. The molecule has 1 rings (SSSR count). The highest BCUT2D eigenvalue weighted by Gasteiger charge is 1.98. The van der Waals surface area contributed by atoms with Crippen molar-refractivity contribution < 1.29 is 0 Å². The van der Waals surface area contributed by atoms with Gasteiger partial charge in [-0.3, -0.25) is 0 Å². The monoisotopic (exact) mass is 221 g/mol. The van der Waals surface area contributed by atoms with Gasteiger partial charge in [-0.25, -0.2) is 0 Å². The molecule has 0 spiro atoms. The second kappa shape index (κ2) is 2.86. The molecule has 0 heterocycles. The molecule has 1 radical (unpaired) electrons. The van der Waals surface area contributed by atoms with E-state index in [1.54, 1.807) is 6.07 Å². The van der Waals surface area contributed by atoms with Crippen molar-refractivity contribution in [3.63, 3.8) is 0 Å². The first kappa shape index (κ1) is 7.32. The molecular formula is C6H3BrClS. The third-order valence-electron chi connectivity index (χ3n) is 0.916. The highest BCUT2D eigenvalue weighted by molar-refractivity contribution is 9.10. The molecule has 0 saturated carbocycles. The molecule has 0 N–H and O–H groups in total. The van der Waals surface area contributed by atoms with Crippen LogP contribution in [0.3, 0.4) is 0 Å². The molecule has 9 heavy (non-hydrogen) atoms. The average molecular weight is 223 g/mol. The topological polar surface area (TPSA) is 0 Å². The SMILES string of the molecule is [S]c1cccc(Br)c1Cl. The number of rotatable bonds is 0. The smallest absolute Gasteiger partial charge is 0.0728 e. The molecule has 0 atom stereocenters. The van der Waals surface area contributed by atoms with E-state index < -0.39 is 0 Å². The molecule has 47 valence electrons. The van der Waals surface area contributed by atoms with Crippen molar-refractivity contribution in [3.8, 4) is 0 Å². The molecule has 0 bridgehead atoms.